The third-order valence-corrected chi connectivity index (χ3v) is 3.24. The van der Waals surface area contributed by atoms with E-state index in [1.54, 1.807) is 14.0 Å². The molecule has 0 radical (unpaired) electrons. The molecule has 0 saturated heterocycles. The van der Waals surface area contributed by atoms with E-state index in [2.05, 4.69) is 15.6 Å². The molecule has 1 amide bonds. The second-order valence-corrected chi connectivity index (χ2v) is 4.77. The van der Waals surface area contributed by atoms with Crippen molar-refractivity contribution >= 4 is 17.0 Å². The third-order valence-electron chi connectivity index (χ3n) is 3.24. The van der Waals surface area contributed by atoms with E-state index < -0.39 is 0 Å². The first-order valence-electron chi connectivity index (χ1n) is 6.36. The van der Waals surface area contributed by atoms with Crippen LogP contribution >= 0.6 is 0 Å². The van der Waals surface area contributed by atoms with Crippen LogP contribution < -0.4 is 16.2 Å². The summed E-state index contributed by atoms with van der Waals surface area (Å²) in [6.07, 6.45) is 1.37. The lowest BCUT2D eigenvalue weighted by atomic mass is 10.1. The molecule has 0 aliphatic carbocycles. The predicted molar refractivity (Wildman–Crippen MR) is 74.8 cm³/mol. The fourth-order valence-electron chi connectivity index (χ4n) is 1.90. The van der Waals surface area contributed by atoms with E-state index in [-0.39, 0.29) is 34.2 Å². The summed E-state index contributed by atoms with van der Waals surface area (Å²) < 4.78 is 6.71. The molecule has 108 valence electrons. The molecule has 7 heteroatoms. The van der Waals surface area contributed by atoms with Crippen LogP contribution in [0.4, 0.5) is 0 Å². The standard InChI is InChI=1S/C13H18N4O3/c1-7(14-3)5-15-11(18)9-8(2)20-12-10(9)13(19)17(4)6-16-12/h6-7,14H,5H2,1-4H3,(H,15,18). The second-order valence-electron chi connectivity index (χ2n) is 4.77. The first kappa shape index (κ1) is 14.3. The van der Waals surface area contributed by atoms with E-state index in [9.17, 15) is 9.59 Å². The number of rotatable bonds is 4. The van der Waals surface area contributed by atoms with Crippen LogP contribution in [0.25, 0.3) is 11.1 Å². The smallest absolute Gasteiger partial charge is 0.265 e. The molecule has 2 aromatic rings. The maximum atomic E-state index is 12.2. The molecule has 0 aliphatic heterocycles. The number of carbonyl (C=O) groups excluding carboxylic acids is 1. The van der Waals surface area contributed by atoms with Gasteiger partial charge < -0.3 is 19.6 Å². The predicted octanol–water partition coefficient (Wildman–Crippen LogP) is 0.173. The number of likely N-dealkylation sites (N-methyl/N-ethyl adjacent to an activating group) is 1. The minimum atomic E-state index is -0.326. The normalized spacial score (nSPS) is 12.6. The Balaban J connectivity index is 2.43. The molecule has 20 heavy (non-hydrogen) atoms. The monoisotopic (exact) mass is 278 g/mol. The Bertz CT molecular complexity index is 701. The third kappa shape index (κ3) is 2.44. The Morgan fingerprint density at radius 2 is 2.25 bits per heavy atom. The molecular weight excluding hydrogens is 260 g/mol. The number of amides is 1. The first-order valence-corrected chi connectivity index (χ1v) is 6.36. The largest absolute Gasteiger partial charge is 0.442 e. The number of nitrogens with one attached hydrogen (secondary N) is 2. The fourth-order valence-corrected chi connectivity index (χ4v) is 1.90. The molecule has 0 bridgehead atoms. The zero-order chi connectivity index (χ0) is 14.9. The van der Waals surface area contributed by atoms with Gasteiger partial charge in [0.2, 0.25) is 5.71 Å². The van der Waals surface area contributed by atoms with Gasteiger partial charge in [0.1, 0.15) is 17.5 Å². The first-order chi connectivity index (χ1) is 9.45. The lowest BCUT2D eigenvalue weighted by molar-refractivity contribution is 0.0950. The van der Waals surface area contributed by atoms with Gasteiger partial charge in [-0.05, 0) is 20.9 Å². The molecule has 2 heterocycles. The van der Waals surface area contributed by atoms with Crippen LogP contribution in [0.2, 0.25) is 0 Å². The number of carbonyl (C=O) groups is 1. The average molecular weight is 278 g/mol. The van der Waals surface area contributed by atoms with Gasteiger partial charge in [-0.3, -0.25) is 9.59 Å². The van der Waals surface area contributed by atoms with Crippen molar-refractivity contribution in [3.63, 3.8) is 0 Å². The Hall–Kier alpha value is -2.15. The molecular formula is C13H18N4O3. The van der Waals surface area contributed by atoms with E-state index in [1.165, 1.54) is 10.9 Å². The SMILES string of the molecule is CNC(C)CNC(=O)c1c(C)oc2ncn(C)c(=O)c12. The van der Waals surface area contributed by atoms with E-state index in [0.29, 0.717) is 12.3 Å². The van der Waals surface area contributed by atoms with Crippen LogP contribution in [0.1, 0.15) is 23.0 Å². The van der Waals surface area contributed by atoms with Crippen LogP contribution in [0, 0.1) is 6.92 Å². The number of hydrogen-bond donors (Lipinski definition) is 2. The van der Waals surface area contributed by atoms with Gasteiger partial charge in [0.25, 0.3) is 11.5 Å². The lowest BCUT2D eigenvalue weighted by Gasteiger charge is -2.11. The van der Waals surface area contributed by atoms with Crippen LogP contribution in [-0.2, 0) is 7.05 Å². The van der Waals surface area contributed by atoms with Crippen molar-refractivity contribution in [1.29, 1.82) is 0 Å². The zero-order valence-corrected chi connectivity index (χ0v) is 12.0. The van der Waals surface area contributed by atoms with E-state index in [1.807, 2.05) is 14.0 Å². The van der Waals surface area contributed by atoms with Crippen LogP contribution in [0.5, 0.6) is 0 Å². The Morgan fingerprint density at radius 3 is 2.90 bits per heavy atom. The van der Waals surface area contributed by atoms with E-state index in [0.717, 1.165) is 0 Å². The minimum absolute atomic E-state index is 0.137. The topological polar surface area (TPSA) is 89.2 Å². The highest BCUT2D eigenvalue weighted by atomic mass is 16.3. The van der Waals surface area contributed by atoms with Gasteiger partial charge in [-0.25, -0.2) is 4.98 Å². The van der Waals surface area contributed by atoms with Crippen molar-refractivity contribution in [3.05, 3.63) is 28.0 Å². The number of aromatic nitrogens is 2. The van der Waals surface area contributed by atoms with Crippen molar-refractivity contribution in [3.8, 4) is 0 Å². The highest BCUT2D eigenvalue weighted by molar-refractivity contribution is 6.06. The summed E-state index contributed by atoms with van der Waals surface area (Å²) in [5.41, 5.74) is 0.160. The summed E-state index contributed by atoms with van der Waals surface area (Å²) in [5.74, 6) is 0.0684. The van der Waals surface area contributed by atoms with Crippen molar-refractivity contribution in [2.45, 2.75) is 19.9 Å². The van der Waals surface area contributed by atoms with Crippen molar-refractivity contribution in [2.24, 2.45) is 7.05 Å². The van der Waals surface area contributed by atoms with Gasteiger partial charge >= 0.3 is 0 Å². The zero-order valence-electron chi connectivity index (χ0n) is 12.0. The van der Waals surface area contributed by atoms with Crippen molar-refractivity contribution in [2.75, 3.05) is 13.6 Å². The molecule has 0 aromatic carbocycles. The number of nitrogens with zero attached hydrogens (tertiary/aromatic N) is 2. The molecule has 2 aromatic heterocycles. The molecule has 2 N–H and O–H groups in total. The summed E-state index contributed by atoms with van der Waals surface area (Å²) in [7, 11) is 3.40. The molecule has 0 saturated carbocycles. The maximum Gasteiger partial charge on any atom is 0.265 e. The second kappa shape index (κ2) is 5.46. The Morgan fingerprint density at radius 1 is 1.55 bits per heavy atom. The summed E-state index contributed by atoms with van der Waals surface area (Å²) in [5, 5.41) is 6.02. The van der Waals surface area contributed by atoms with Crippen LogP contribution in [0.15, 0.2) is 15.5 Å². The summed E-state index contributed by atoms with van der Waals surface area (Å²) in [6, 6.07) is 0.137. The number of hydrogen-bond acceptors (Lipinski definition) is 5. The van der Waals surface area contributed by atoms with Gasteiger partial charge in [-0.2, -0.15) is 0 Å². The Labute approximate surface area is 116 Å². The van der Waals surface area contributed by atoms with Gasteiger partial charge in [-0.15, -0.1) is 0 Å². The minimum Gasteiger partial charge on any atom is -0.442 e. The number of fused-ring (bicyclic) bond motifs is 1. The molecule has 0 aliphatic rings. The highest BCUT2D eigenvalue weighted by Gasteiger charge is 2.22. The highest BCUT2D eigenvalue weighted by Crippen LogP contribution is 2.20. The lowest BCUT2D eigenvalue weighted by Crippen LogP contribution is -2.37. The average Bonchev–Trinajstić information content (AvgIpc) is 2.77. The number of aryl methyl sites for hydroxylation is 2. The van der Waals surface area contributed by atoms with Gasteiger partial charge in [0.05, 0.1) is 5.56 Å². The van der Waals surface area contributed by atoms with Crippen LogP contribution in [0.3, 0.4) is 0 Å². The molecule has 2 rings (SSSR count). The summed E-state index contributed by atoms with van der Waals surface area (Å²) in [6.45, 7) is 4.06. The summed E-state index contributed by atoms with van der Waals surface area (Å²) >= 11 is 0. The van der Waals surface area contributed by atoms with Crippen LogP contribution in [-0.4, -0.2) is 35.1 Å². The number of furan rings is 1. The molecule has 7 nitrogen and oxygen atoms in total. The van der Waals surface area contributed by atoms with Gasteiger partial charge in [0.15, 0.2) is 0 Å². The van der Waals surface area contributed by atoms with E-state index >= 15 is 0 Å². The molecule has 1 atom stereocenters. The maximum absolute atomic E-state index is 12.2. The van der Waals surface area contributed by atoms with E-state index in [4.69, 9.17) is 4.42 Å². The van der Waals surface area contributed by atoms with Gasteiger partial charge in [0, 0.05) is 19.6 Å². The molecule has 0 fully saturated rings. The molecule has 1 unspecified atom stereocenters. The summed E-state index contributed by atoms with van der Waals surface area (Å²) in [4.78, 5) is 28.4. The quantitative estimate of drug-likeness (QED) is 0.832. The molecule has 0 spiro atoms. The van der Waals surface area contributed by atoms with Gasteiger partial charge in [-0.1, -0.05) is 0 Å². The Kier molecular flexibility index (Phi) is 3.89. The van der Waals surface area contributed by atoms with Crippen molar-refractivity contribution < 1.29 is 9.21 Å². The fraction of sp³-hybridized carbons (Fsp3) is 0.462. The van der Waals surface area contributed by atoms with Crippen molar-refractivity contribution in [1.82, 2.24) is 20.2 Å².